The van der Waals surface area contributed by atoms with Crippen molar-refractivity contribution in [2.24, 2.45) is 0 Å². The number of likely N-dealkylation sites (N-methyl/N-ethyl adjacent to an activating group) is 1. The Balaban J connectivity index is 1.98. The van der Waals surface area contributed by atoms with Gasteiger partial charge in [0.15, 0.2) is 0 Å². The third-order valence-corrected chi connectivity index (χ3v) is 4.09. The molecule has 1 aromatic carbocycles. The van der Waals surface area contributed by atoms with E-state index in [1.165, 1.54) is 24.0 Å². The van der Waals surface area contributed by atoms with Gasteiger partial charge in [0.25, 0.3) is 0 Å². The van der Waals surface area contributed by atoms with Crippen LogP contribution in [0.5, 0.6) is 0 Å². The fourth-order valence-electron chi connectivity index (χ4n) is 2.76. The van der Waals surface area contributed by atoms with Gasteiger partial charge in [-0.25, -0.2) is 0 Å². The standard InChI is InChI=1S/C16H24ClNO/c1-3-18-14(11-15-5-4-8-19-15)10-13-7-6-12(2)9-16(13)17/h6-7,9,14-15,18H,3-5,8,10-11H2,1-2H3. The molecule has 0 aliphatic carbocycles. The van der Waals surface area contributed by atoms with E-state index in [1.54, 1.807) is 0 Å². The minimum absolute atomic E-state index is 0.424. The van der Waals surface area contributed by atoms with Crippen molar-refractivity contribution in [1.29, 1.82) is 0 Å². The van der Waals surface area contributed by atoms with E-state index in [-0.39, 0.29) is 0 Å². The number of halogens is 1. The zero-order valence-electron chi connectivity index (χ0n) is 11.9. The molecule has 0 aromatic heterocycles. The maximum absolute atomic E-state index is 6.33. The van der Waals surface area contributed by atoms with Gasteiger partial charge >= 0.3 is 0 Å². The van der Waals surface area contributed by atoms with Crippen LogP contribution in [0.1, 0.15) is 37.3 Å². The second-order valence-electron chi connectivity index (χ2n) is 5.42. The Bertz CT molecular complexity index is 402. The van der Waals surface area contributed by atoms with Crippen LogP contribution in [0.15, 0.2) is 18.2 Å². The number of ether oxygens (including phenoxy) is 1. The molecule has 1 aliphatic heterocycles. The summed E-state index contributed by atoms with van der Waals surface area (Å²) in [6, 6.07) is 6.79. The number of benzene rings is 1. The topological polar surface area (TPSA) is 21.3 Å². The summed E-state index contributed by atoms with van der Waals surface area (Å²) in [4.78, 5) is 0. The molecule has 19 heavy (non-hydrogen) atoms. The van der Waals surface area contributed by atoms with Gasteiger partial charge in [-0.05, 0) is 56.3 Å². The zero-order valence-corrected chi connectivity index (χ0v) is 12.7. The van der Waals surface area contributed by atoms with Crippen molar-refractivity contribution in [3.63, 3.8) is 0 Å². The monoisotopic (exact) mass is 281 g/mol. The molecule has 1 fully saturated rings. The first-order valence-electron chi connectivity index (χ1n) is 7.29. The molecular weight excluding hydrogens is 258 g/mol. The fraction of sp³-hybridized carbons (Fsp3) is 0.625. The largest absolute Gasteiger partial charge is 0.378 e. The van der Waals surface area contributed by atoms with Crippen molar-refractivity contribution in [3.05, 3.63) is 34.3 Å². The molecule has 0 saturated carbocycles. The average Bonchev–Trinajstić information content (AvgIpc) is 2.86. The summed E-state index contributed by atoms with van der Waals surface area (Å²) in [5.41, 5.74) is 2.45. The van der Waals surface area contributed by atoms with Gasteiger partial charge in [-0.3, -0.25) is 0 Å². The van der Waals surface area contributed by atoms with Crippen LogP contribution in [0.25, 0.3) is 0 Å². The minimum Gasteiger partial charge on any atom is -0.378 e. The molecule has 0 amide bonds. The third kappa shape index (κ3) is 4.48. The van der Waals surface area contributed by atoms with Gasteiger partial charge in [0, 0.05) is 17.7 Å². The molecule has 2 atom stereocenters. The average molecular weight is 282 g/mol. The molecule has 1 saturated heterocycles. The highest BCUT2D eigenvalue weighted by atomic mass is 35.5. The lowest BCUT2D eigenvalue weighted by Crippen LogP contribution is -2.34. The van der Waals surface area contributed by atoms with Crippen LogP contribution in [0, 0.1) is 6.92 Å². The quantitative estimate of drug-likeness (QED) is 0.858. The SMILES string of the molecule is CCNC(Cc1ccc(C)cc1Cl)CC1CCCO1. The summed E-state index contributed by atoms with van der Waals surface area (Å²) in [6.45, 7) is 6.14. The van der Waals surface area contributed by atoms with E-state index in [2.05, 4.69) is 31.3 Å². The predicted molar refractivity (Wildman–Crippen MR) is 80.9 cm³/mol. The molecule has 2 rings (SSSR count). The molecule has 1 aromatic rings. The smallest absolute Gasteiger partial charge is 0.0590 e. The Morgan fingerprint density at radius 2 is 2.32 bits per heavy atom. The first kappa shape index (κ1) is 14.8. The summed E-state index contributed by atoms with van der Waals surface area (Å²) >= 11 is 6.33. The van der Waals surface area contributed by atoms with Crippen LogP contribution in [-0.2, 0) is 11.2 Å². The van der Waals surface area contributed by atoms with E-state index in [1.807, 2.05) is 6.07 Å². The molecule has 1 aliphatic rings. The van der Waals surface area contributed by atoms with Crippen LogP contribution in [0.4, 0.5) is 0 Å². The van der Waals surface area contributed by atoms with E-state index >= 15 is 0 Å². The number of hydrogen-bond acceptors (Lipinski definition) is 2. The van der Waals surface area contributed by atoms with Crippen LogP contribution < -0.4 is 5.32 Å². The Labute approximate surface area is 121 Å². The zero-order chi connectivity index (χ0) is 13.7. The summed E-state index contributed by atoms with van der Waals surface area (Å²) in [6.07, 6.45) is 4.89. The van der Waals surface area contributed by atoms with Crippen molar-refractivity contribution < 1.29 is 4.74 Å². The Kier molecular flexibility index (Phi) is 5.68. The highest BCUT2D eigenvalue weighted by Gasteiger charge is 2.21. The lowest BCUT2D eigenvalue weighted by molar-refractivity contribution is 0.0948. The summed E-state index contributed by atoms with van der Waals surface area (Å²) in [5.74, 6) is 0. The predicted octanol–water partition coefficient (Wildman–Crippen LogP) is 3.74. The lowest BCUT2D eigenvalue weighted by Gasteiger charge is -2.22. The van der Waals surface area contributed by atoms with Gasteiger partial charge in [-0.15, -0.1) is 0 Å². The van der Waals surface area contributed by atoms with Crippen LogP contribution in [0.3, 0.4) is 0 Å². The molecule has 3 heteroatoms. The van der Waals surface area contributed by atoms with Gasteiger partial charge in [-0.2, -0.15) is 0 Å². The van der Waals surface area contributed by atoms with Crippen molar-refractivity contribution in [1.82, 2.24) is 5.32 Å². The molecule has 1 heterocycles. The molecular formula is C16H24ClNO. The van der Waals surface area contributed by atoms with E-state index in [4.69, 9.17) is 16.3 Å². The van der Waals surface area contributed by atoms with Gasteiger partial charge in [-0.1, -0.05) is 30.7 Å². The first-order valence-corrected chi connectivity index (χ1v) is 7.67. The second kappa shape index (κ2) is 7.28. The molecule has 2 nitrogen and oxygen atoms in total. The maximum Gasteiger partial charge on any atom is 0.0590 e. The number of hydrogen-bond donors (Lipinski definition) is 1. The number of rotatable bonds is 6. The van der Waals surface area contributed by atoms with Gasteiger partial charge in [0.1, 0.15) is 0 Å². The van der Waals surface area contributed by atoms with Crippen molar-refractivity contribution in [2.45, 2.75) is 51.7 Å². The first-order chi connectivity index (χ1) is 9.19. The Morgan fingerprint density at radius 1 is 1.47 bits per heavy atom. The summed E-state index contributed by atoms with van der Waals surface area (Å²) in [5, 5.41) is 4.45. The molecule has 1 N–H and O–H groups in total. The van der Waals surface area contributed by atoms with Gasteiger partial charge in [0.2, 0.25) is 0 Å². The number of nitrogens with one attached hydrogen (secondary N) is 1. The molecule has 0 spiro atoms. The molecule has 2 unspecified atom stereocenters. The highest BCUT2D eigenvalue weighted by Crippen LogP contribution is 2.23. The van der Waals surface area contributed by atoms with Crippen LogP contribution in [-0.4, -0.2) is 25.3 Å². The molecule has 0 radical (unpaired) electrons. The Hall–Kier alpha value is -0.570. The minimum atomic E-state index is 0.424. The van der Waals surface area contributed by atoms with E-state index in [0.717, 1.165) is 31.0 Å². The second-order valence-corrected chi connectivity index (χ2v) is 5.83. The van der Waals surface area contributed by atoms with Crippen LogP contribution >= 0.6 is 11.6 Å². The highest BCUT2D eigenvalue weighted by molar-refractivity contribution is 6.31. The maximum atomic E-state index is 6.33. The van der Waals surface area contributed by atoms with E-state index < -0.39 is 0 Å². The third-order valence-electron chi connectivity index (χ3n) is 3.74. The molecule has 106 valence electrons. The summed E-state index contributed by atoms with van der Waals surface area (Å²) < 4.78 is 5.74. The van der Waals surface area contributed by atoms with Crippen molar-refractivity contribution >= 4 is 11.6 Å². The van der Waals surface area contributed by atoms with Gasteiger partial charge < -0.3 is 10.1 Å². The normalized spacial score (nSPS) is 20.7. The Morgan fingerprint density at radius 3 is 2.95 bits per heavy atom. The number of aryl methyl sites for hydroxylation is 1. The molecule has 0 bridgehead atoms. The lowest BCUT2D eigenvalue weighted by atomic mass is 9.98. The van der Waals surface area contributed by atoms with Crippen LogP contribution in [0.2, 0.25) is 5.02 Å². The van der Waals surface area contributed by atoms with E-state index in [9.17, 15) is 0 Å². The van der Waals surface area contributed by atoms with Crippen molar-refractivity contribution in [3.8, 4) is 0 Å². The van der Waals surface area contributed by atoms with Crippen molar-refractivity contribution in [2.75, 3.05) is 13.2 Å². The summed E-state index contributed by atoms with van der Waals surface area (Å²) in [7, 11) is 0. The fourth-order valence-corrected chi connectivity index (χ4v) is 3.07. The van der Waals surface area contributed by atoms with E-state index in [0.29, 0.717) is 12.1 Å². The van der Waals surface area contributed by atoms with Gasteiger partial charge in [0.05, 0.1) is 6.10 Å².